The van der Waals surface area contributed by atoms with Gasteiger partial charge in [-0.2, -0.15) is 0 Å². The van der Waals surface area contributed by atoms with Crippen molar-refractivity contribution < 1.29 is 9.53 Å². The Balaban J connectivity index is 1.43. The van der Waals surface area contributed by atoms with Crippen LogP contribution in [-0.2, 0) is 4.79 Å². The summed E-state index contributed by atoms with van der Waals surface area (Å²) in [5, 5.41) is 14.6. The van der Waals surface area contributed by atoms with Crippen LogP contribution in [0.25, 0.3) is 5.69 Å². The molecule has 158 valence electrons. The van der Waals surface area contributed by atoms with Crippen molar-refractivity contribution in [2.45, 2.75) is 43.8 Å². The zero-order chi connectivity index (χ0) is 20.9. The lowest BCUT2D eigenvalue weighted by atomic mass is 9.97. The van der Waals surface area contributed by atoms with E-state index in [-0.39, 0.29) is 11.9 Å². The summed E-state index contributed by atoms with van der Waals surface area (Å²) >= 11 is 3.13. The van der Waals surface area contributed by atoms with Crippen molar-refractivity contribution in [3.05, 3.63) is 52.5 Å². The summed E-state index contributed by atoms with van der Waals surface area (Å²) in [4.78, 5) is 14.1. The van der Waals surface area contributed by atoms with Gasteiger partial charge in [-0.25, -0.2) is 0 Å². The summed E-state index contributed by atoms with van der Waals surface area (Å²) in [5.41, 5.74) is 0.948. The van der Waals surface area contributed by atoms with Crippen LogP contribution in [0.15, 0.2) is 46.9 Å². The monoisotopic (exact) mass is 442 g/mol. The fourth-order valence-corrected chi connectivity index (χ4v) is 5.67. The zero-order valence-corrected chi connectivity index (χ0v) is 18.8. The first-order valence-electron chi connectivity index (χ1n) is 10.2. The molecule has 0 bridgehead atoms. The van der Waals surface area contributed by atoms with E-state index >= 15 is 0 Å². The summed E-state index contributed by atoms with van der Waals surface area (Å²) in [6.07, 6.45) is 4.87. The van der Waals surface area contributed by atoms with Gasteiger partial charge in [0.2, 0.25) is 5.91 Å². The molecule has 1 aromatic carbocycles. The van der Waals surface area contributed by atoms with Crippen LogP contribution in [0.3, 0.4) is 0 Å². The Morgan fingerprint density at radius 2 is 2.03 bits per heavy atom. The number of hydrogen-bond donors (Lipinski definition) is 1. The third kappa shape index (κ3) is 4.70. The minimum Gasteiger partial charge on any atom is -0.497 e. The smallest absolute Gasteiger partial charge is 0.230 e. The van der Waals surface area contributed by atoms with Gasteiger partial charge in [-0.3, -0.25) is 9.36 Å². The third-order valence-corrected chi connectivity index (χ3v) is 7.38. The predicted octanol–water partition coefficient (Wildman–Crippen LogP) is 4.79. The van der Waals surface area contributed by atoms with Crippen LogP contribution in [0.2, 0.25) is 0 Å². The number of rotatable bonds is 8. The Morgan fingerprint density at radius 1 is 1.27 bits per heavy atom. The molecular weight excluding hydrogens is 416 g/mol. The first-order chi connectivity index (χ1) is 14.7. The van der Waals surface area contributed by atoms with E-state index in [2.05, 4.69) is 33.0 Å². The van der Waals surface area contributed by atoms with E-state index in [9.17, 15) is 4.79 Å². The molecule has 1 aliphatic carbocycles. The Kier molecular flexibility index (Phi) is 6.74. The largest absolute Gasteiger partial charge is 0.497 e. The number of methoxy groups -OCH3 is 1. The number of aryl methyl sites for hydroxylation is 1. The highest BCUT2D eigenvalue weighted by molar-refractivity contribution is 7.99. The number of thioether (sulfide) groups is 1. The van der Waals surface area contributed by atoms with Crippen molar-refractivity contribution >= 4 is 29.0 Å². The minimum absolute atomic E-state index is 0.0345. The van der Waals surface area contributed by atoms with E-state index in [1.807, 2.05) is 35.8 Å². The van der Waals surface area contributed by atoms with Gasteiger partial charge in [0.15, 0.2) is 5.16 Å². The molecule has 0 spiro atoms. The van der Waals surface area contributed by atoms with Gasteiger partial charge < -0.3 is 10.1 Å². The van der Waals surface area contributed by atoms with E-state index in [4.69, 9.17) is 4.74 Å². The Labute approximate surface area is 185 Å². The maximum Gasteiger partial charge on any atom is 0.230 e. The minimum atomic E-state index is 0.0345. The molecule has 1 unspecified atom stereocenters. The summed E-state index contributed by atoms with van der Waals surface area (Å²) in [6, 6.07) is 12.0. The number of carbonyl (C=O) groups is 1. The SMILES string of the molecule is COc1ccc(-n2c(C)nnc2SCC(=O)NC(c2cccs2)C2CCCC2)cc1. The maximum absolute atomic E-state index is 12.8. The molecule has 0 saturated heterocycles. The van der Waals surface area contributed by atoms with Crippen LogP contribution in [0, 0.1) is 12.8 Å². The number of amides is 1. The first kappa shape index (κ1) is 20.9. The van der Waals surface area contributed by atoms with Gasteiger partial charge in [-0.15, -0.1) is 21.5 Å². The van der Waals surface area contributed by atoms with Crippen molar-refractivity contribution in [1.29, 1.82) is 0 Å². The molecule has 0 aliphatic heterocycles. The molecular formula is C22H26N4O2S2. The van der Waals surface area contributed by atoms with E-state index in [1.54, 1.807) is 18.4 Å². The highest BCUT2D eigenvalue weighted by Gasteiger charge is 2.28. The van der Waals surface area contributed by atoms with Crippen LogP contribution in [-0.4, -0.2) is 33.5 Å². The fourth-order valence-electron chi connectivity index (χ4n) is 3.99. The Hall–Kier alpha value is -2.32. The predicted molar refractivity (Wildman–Crippen MR) is 121 cm³/mol. The number of thiophene rings is 1. The molecule has 2 aromatic heterocycles. The molecule has 30 heavy (non-hydrogen) atoms. The van der Waals surface area contributed by atoms with Crippen molar-refractivity contribution in [1.82, 2.24) is 20.1 Å². The number of nitrogens with zero attached hydrogens (tertiary/aromatic N) is 3. The van der Waals surface area contributed by atoms with E-state index in [0.717, 1.165) is 17.3 Å². The molecule has 1 amide bonds. The average Bonchev–Trinajstić information content (AvgIpc) is 3.53. The van der Waals surface area contributed by atoms with Crippen molar-refractivity contribution in [2.75, 3.05) is 12.9 Å². The second-order valence-corrected chi connectivity index (χ2v) is 9.38. The number of benzene rings is 1. The fraction of sp³-hybridized carbons (Fsp3) is 0.409. The second kappa shape index (κ2) is 9.66. The van der Waals surface area contributed by atoms with Gasteiger partial charge in [-0.1, -0.05) is 30.7 Å². The van der Waals surface area contributed by atoms with Crippen LogP contribution in [0.4, 0.5) is 0 Å². The lowest BCUT2D eigenvalue weighted by Crippen LogP contribution is -2.33. The Bertz CT molecular complexity index is 964. The quantitative estimate of drug-likeness (QED) is 0.508. The second-order valence-electron chi connectivity index (χ2n) is 7.46. The molecule has 8 heteroatoms. The number of carbonyl (C=O) groups excluding carboxylic acids is 1. The topological polar surface area (TPSA) is 69.0 Å². The van der Waals surface area contributed by atoms with Gasteiger partial charge >= 0.3 is 0 Å². The van der Waals surface area contributed by atoms with Gasteiger partial charge in [0, 0.05) is 10.6 Å². The zero-order valence-electron chi connectivity index (χ0n) is 17.2. The molecule has 1 atom stereocenters. The molecule has 3 aromatic rings. The summed E-state index contributed by atoms with van der Waals surface area (Å²) < 4.78 is 7.20. The maximum atomic E-state index is 12.8. The molecule has 2 heterocycles. The van der Waals surface area contributed by atoms with Crippen LogP contribution in [0.1, 0.15) is 42.4 Å². The van der Waals surface area contributed by atoms with Gasteiger partial charge in [-0.05, 0) is 61.4 Å². The van der Waals surface area contributed by atoms with Crippen LogP contribution in [0.5, 0.6) is 5.75 Å². The van der Waals surface area contributed by atoms with E-state index < -0.39 is 0 Å². The highest BCUT2D eigenvalue weighted by atomic mass is 32.2. The average molecular weight is 443 g/mol. The summed E-state index contributed by atoms with van der Waals surface area (Å²) in [5.74, 6) is 2.45. The normalized spacial score (nSPS) is 15.3. The molecule has 6 nitrogen and oxygen atoms in total. The first-order valence-corrected chi connectivity index (χ1v) is 12.0. The van der Waals surface area contributed by atoms with Crippen LogP contribution < -0.4 is 10.1 Å². The van der Waals surface area contributed by atoms with Crippen molar-refractivity contribution in [3.8, 4) is 11.4 Å². The van der Waals surface area contributed by atoms with E-state index in [1.165, 1.54) is 42.3 Å². The number of hydrogen-bond acceptors (Lipinski definition) is 6. The number of aromatic nitrogens is 3. The third-order valence-electron chi connectivity index (χ3n) is 5.50. The molecule has 4 rings (SSSR count). The molecule has 1 aliphatic rings. The molecule has 1 fully saturated rings. The van der Waals surface area contributed by atoms with Crippen molar-refractivity contribution in [3.63, 3.8) is 0 Å². The molecule has 0 radical (unpaired) electrons. The highest BCUT2D eigenvalue weighted by Crippen LogP contribution is 2.37. The lowest BCUT2D eigenvalue weighted by Gasteiger charge is -2.23. The van der Waals surface area contributed by atoms with Gasteiger partial charge in [0.1, 0.15) is 11.6 Å². The van der Waals surface area contributed by atoms with Crippen molar-refractivity contribution in [2.24, 2.45) is 5.92 Å². The molecule has 1 saturated carbocycles. The van der Waals surface area contributed by atoms with Gasteiger partial charge in [0.05, 0.1) is 18.9 Å². The number of nitrogens with one attached hydrogen (secondary N) is 1. The summed E-state index contributed by atoms with van der Waals surface area (Å²) in [6.45, 7) is 1.91. The van der Waals surface area contributed by atoms with Crippen LogP contribution >= 0.6 is 23.1 Å². The number of ether oxygens (including phenoxy) is 1. The Morgan fingerprint density at radius 3 is 2.70 bits per heavy atom. The van der Waals surface area contributed by atoms with Gasteiger partial charge in [0.25, 0.3) is 0 Å². The standard InChI is InChI=1S/C22H26N4O2S2/c1-15-24-25-22(26(15)17-9-11-18(28-2)12-10-17)30-14-20(27)23-21(16-6-3-4-7-16)19-8-5-13-29-19/h5,8-13,16,21H,3-4,6-7,14H2,1-2H3,(H,23,27). The molecule has 1 N–H and O–H groups in total. The van der Waals surface area contributed by atoms with E-state index in [0.29, 0.717) is 16.8 Å². The lowest BCUT2D eigenvalue weighted by molar-refractivity contribution is -0.119. The summed E-state index contributed by atoms with van der Waals surface area (Å²) in [7, 11) is 1.65.